The summed E-state index contributed by atoms with van der Waals surface area (Å²) in [5.41, 5.74) is 10.5. The van der Waals surface area contributed by atoms with Crippen molar-refractivity contribution in [3.8, 4) is 0 Å². The molecule has 1 unspecified atom stereocenters. The van der Waals surface area contributed by atoms with Crippen molar-refractivity contribution in [3.63, 3.8) is 0 Å². The lowest BCUT2D eigenvalue weighted by atomic mass is 10.3. The Hall–Kier alpha value is -0.730. The fourth-order valence-electron chi connectivity index (χ4n) is 1.22. The maximum Gasteiger partial charge on any atom is 0.221 e. The molecule has 102 valence electrons. The molecule has 8 N–H and O–H groups in total. The normalized spacial score (nSPS) is 12.4. The van der Waals surface area contributed by atoms with Gasteiger partial charge in [-0.05, 0) is 13.0 Å². The number of aliphatic hydroxyl groups excluding tert-OH is 1. The van der Waals surface area contributed by atoms with Gasteiger partial charge in [0.15, 0.2) is 0 Å². The Morgan fingerprint density at radius 1 is 1.12 bits per heavy atom. The summed E-state index contributed by atoms with van der Waals surface area (Å²) in [6.45, 7) is 3.33. The summed E-state index contributed by atoms with van der Waals surface area (Å²) in [4.78, 5) is 11.2. The van der Waals surface area contributed by atoms with Gasteiger partial charge in [0.2, 0.25) is 5.91 Å². The molecular formula is C10H25N5O2. The average Bonchev–Trinajstić information content (AvgIpc) is 2.33. The minimum Gasteiger partial charge on any atom is -0.379 e. The molecule has 7 heteroatoms. The molecule has 0 bridgehead atoms. The van der Waals surface area contributed by atoms with E-state index in [2.05, 4.69) is 16.0 Å². The molecule has 0 aliphatic carbocycles. The first kappa shape index (κ1) is 16.3. The van der Waals surface area contributed by atoms with E-state index in [1.165, 1.54) is 0 Å². The van der Waals surface area contributed by atoms with E-state index in [0.717, 1.165) is 0 Å². The summed E-state index contributed by atoms with van der Waals surface area (Å²) in [5.74, 6) is -0.00949. The van der Waals surface area contributed by atoms with E-state index in [4.69, 9.17) is 11.5 Å². The third-order valence-electron chi connectivity index (χ3n) is 2.11. The van der Waals surface area contributed by atoms with Crippen LogP contribution in [0.3, 0.4) is 0 Å². The first-order valence-electron chi connectivity index (χ1n) is 5.99. The van der Waals surface area contributed by atoms with Crippen LogP contribution in [0, 0.1) is 0 Å². The van der Waals surface area contributed by atoms with Gasteiger partial charge in [0.05, 0.1) is 0 Å². The number of carbonyl (C=O) groups is 1. The van der Waals surface area contributed by atoms with Crippen molar-refractivity contribution in [2.75, 3.05) is 39.3 Å². The predicted molar refractivity (Wildman–Crippen MR) is 67.2 cm³/mol. The Morgan fingerprint density at radius 2 is 1.82 bits per heavy atom. The van der Waals surface area contributed by atoms with E-state index in [1.807, 2.05) is 0 Å². The van der Waals surface area contributed by atoms with Gasteiger partial charge >= 0.3 is 0 Å². The van der Waals surface area contributed by atoms with Crippen LogP contribution in [0.4, 0.5) is 0 Å². The van der Waals surface area contributed by atoms with Gasteiger partial charge in [-0.3, -0.25) is 10.1 Å². The zero-order valence-electron chi connectivity index (χ0n) is 10.2. The van der Waals surface area contributed by atoms with Crippen LogP contribution in [0.5, 0.6) is 0 Å². The van der Waals surface area contributed by atoms with Gasteiger partial charge < -0.3 is 27.2 Å². The Labute approximate surface area is 102 Å². The number of aliphatic hydroxyl groups is 1. The van der Waals surface area contributed by atoms with Gasteiger partial charge in [-0.15, -0.1) is 0 Å². The summed E-state index contributed by atoms with van der Waals surface area (Å²) in [6.07, 6.45) is 0.466. The zero-order chi connectivity index (χ0) is 12.9. The quantitative estimate of drug-likeness (QED) is 0.174. The van der Waals surface area contributed by atoms with Gasteiger partial charge in [0.1, 0.15) is 6.23 Å². The molecule has 0 aliphatic rings. The first-order valence-corrected chi connectivity index (χ1v) is 5.99. The zero-order valence-corrected chi connectivity index (χ0v) is 10.2. The topological polar surface area (TPSA) is 125 Å². The lowest BCUT2D eigenvalue weighted by molar-refractivity contribution is -0.120. The summed E-state index contributed by atoms with van der Waals surface area (Å²) in [7, 11) is 0. The van der Waals surface area contributed by atoms with Crippen LogP contribution in [0.2, 0.25) is 0 Å². The van der Waals surface area contributed by atoms with Crippen LogP contribution >= 0.6 is 0 Å². The molecule has 0 heterocycles. The summed E-state index contributed by atoms with van der Waals surface area (Å²) in [5, 5.41) is 18.0. The monoisotopic (exact) mass is 247 g/mol. The van der Waals surface area contributed by atoms with E-state index in [-0.39, 0.29) is 5.91 Å². The minimum atomic E-state index is -0.544. The minimum absolute atomic E-state index is 0.00949. The lowest BCUT2D eigenvalue weighted by Gasteiger charge is -2.12. The molecule has 1 amide bonds. The van der Waals surface area contributed by atoms with Gasteiger partial charge in [0, 0.05) is 39.1 Å². The highest BCUT2D eigenvalue weighted by Gasteiger charge is 2.02. The van der Waals surface area contributed by atoms with Crippen molar-refractivity contribution >= 4 is 5.91 Å². The van der Waals surface area contributed by atoms with Crippen LogP contribution in [-0.4, -0.2) is 56.5 Å². The number of amides is 1. The number of rotatable bonds is 11. The molecule has 0 fully saturated rings. The molecule has 0 aromatic carbocycles. The Kier molecular flexibility index (Phi) is 11.2. The van der Waals surface area contributed by atoms with Crippen LogP contribution in [0.25, 0.3) is 0 Å². The molecule has 17 heavy (non-hydrogen) atoms. The highest BCUT2D eigenvalue weighted by atomic mass is 16.3. The van der Waals surface area contributed by atoms with Crippen molar-refractivity contribution < 1.29 is 9.90 Å². The van der Waals surface area contributed by atoms with E-state index < -0.39 is 6.23 Å². The van der Waals surface area contributed by atoms with Gasteiger partial charge in [-0.2, -0.15) is 0 Å². The lowest BCUT2D eigenvalue weighted by Crippen LogP contribution is -2.36. The summed E-state index contributed by atoms with van der Waals surface area (Å²) < 4.78 is 0. The number of nitrogens with two attached hydrogens (primary N) is 2. The molecular weight excluding hydrogens is 222 g/mol. The Morgan fingerprint density at radius 3 is 2.47 bits per heavy atom. The van der Waals surface area contributed by atoms with Crippen LogP contribution < -0.4 is 27.4 Å². The molecule has 7 nitrogen and oxygen atoms in total. The predicted octanol–water partition coefficient (Wildman–Crippen LogP) is -2.70. The molecule has 0 saturated heterocycles. The van der Waals surface area contributed by atoms with Gasteiger partial charge in [-0.25, -0.2) is 0 Å². The Bertz CT molecular complexity index is 192. The molecule has 0 saturated carbocycles. The van der Waals surface area contributed by atoms with Crippen LogP contribution in [-0.2, 0) is 4.79 Å². The SMILES string of the molecule is NCCNC(=O)CCNCCC(O)NCCN. The molecule has 0 aliphatic heterocycles. The maximum absolute atomic E-state index is 11.2. The van der Waals surface area contributed by atoms with E-state index in [0.29, 0.717) is 52.1 Å². The van der Waals surface area contributed by atoms with Crippen LogP contribution in [0.1, 0.15) is 12.8 Å². The molecule has 0 radical (unpaired) electrons. The second-order valence-corrected chi connectivity index (χ2v) is 3.69. The molecule has 0 rings (SSSR count). The van der Waals surface area contributed by atoms with Crippen molar-refractivity contribution in [2.45, 2.75) is 19.1 Å². The standard InChI is InChI=1S/C10H25N5O2/c11-3-7-14-9(16)1-5-13-6-2-10(17)15-8-4-12/h9,13-14,16H,1-8,11-12H2,(H,15,17). The van der Waals surface area contributed by atoms with Crippen molar-refractivity contribution in [2.24, 2.45) is 11.5 Å². The smallest absolute Gasteiger partial charge is 0.221 e. The number of carbonyl (C=O) groups excluding carboxylic acids is 1. The molecule has 0 aromatic heterocycles. The van der Waals surface area contributed by atoms with Crippen molar-refractivity contribution in [3.05, 3.63) is 0 Å². The number of hydrogen-bond donors (Lipinski definition) is 6. The molecule has 0 spiro atoms. The summed E-state index contributed by atoms with van der Waals surface area (Å²) >= 11 is 0. The van der Waals surface area contributed by atoms with Crippen molar-refractivity contribution in [1.82, 2.24) is 16.0 Å². The van der Waals surface area contributed by atoms with Crippen molar-refractivity contribution in [1.29, 1.82) is 0 Å². The number of hydrogen-bond acceptors (Lipinski definition) is 6. The molecule has 1 atom stereocenters. The second kappa shape index (κ2) is 11.7. The largest absolute Gasteiger partial charge is 0.379 e. The average molecular weight is 247 g/mol. The van der Waals surface area contributed by atoms with E-state index in [1.54, 1.807) is 0 Å². The van der Waals surface area contributed by atoms with Gasteiger partial charge in [0.25, 0.3) is 0 Å². The highest BCUT2D eigenvalue weighted by Crippen LogP contribution is 1.84. The third kappa shape index (κ3) is 11.5. The third-order valence-corrected chi connectivity index (χ3v) is 2.11. The Balaban J connectivity index is 3.25. The fourth-order valence-corrected chi connectivity index (χ4v) is 1.22. The van der Waals surface area contributed by atoms with Gasteiger partial charge in [-0.1, -0.05) is 0 Å². The highest BCUT2D eigenvalue weighted by molar-refractivity contribution is 5.75. The van der Waals surface area contributed by atoms with E-state index >= 15 is 0 Å². The van der Waals surface area contributed by atoms with Crippen LogP contribution in [0.15, 0.2) is 0 Å². The molecule has 0 aromatic rings. The fraction of sp³-hybridized carbons (Fsp3) is 0.900. The van der Waals surface area contributed by atoms with E-state index in [9.17, 15) is 9.90 Å². The first-order chi connectivity index (χ1) is 8.20. The number of nitrogens with one attached hydrogen (secondary N) is 3. The second-order valence-electron chi connectivity index (χ2n) is 3.69. The maximum atomic E-state index is 11.2. The summed E-state index contributed by atoms with van der Waals surface area (Å²) in [6, 6.07) is 0.